The predicted molar refractivity (Wildman–Crippen MR) is 73.4 cm³/mol. The number of nitrogens with one attached hydrogen (secondary N) is 1. The Morgan fingerprint density at radius 2 is 2.38 bits per heavy atom. The lowest BCUT2D eigenvalue weighted by Gasteiger charge is -2.37. The molecule has 1 aromatic rings. The van der Waals surface area contributed by atoms with Crippen LogP contribution in [0, 0.1) is 0 Å². The Morgan fingerprint density at radius 1 is 1.56 bits per heavy atom. The molecule has 1 N–H and O–H groups in total. The molecule has 1 atom stereocenters. The second kappa shape index (κ2) is 5.39. The molecule has 1 aromatic carbocycles. The molecule has 2 nitrogen and oxygen atoms in total. The van der Waals surface area contributed by atoms with E-state index >= 15 is 0 Å². The van der Waals surface area contributed by atoms with Gasteiger partial charge in [-0.3, -0.25) is 0 Å². The molecule has 88 valence electrons. The molecular formula is C12H16BrClN2. The van der Waals surface area contributed by atoms with Crippen LogP contribution in [-0.4, -0.2) is 25.7 Å². The summed E-state index contributed by atoms with van der Waals surface area (Å²) in [6.45, 7) is 5.41. The second-order valence-corrected chi connectivity index (χ2v) is 5.32. The van der Waals surface area contributed by atoms with Gasteiger partial charge in [0.05, 0.1) is 5.02 Å². The number of benzene rings is 1. The molecule has 1 fully saturated rings. The van der Waals surface area contributed by atoms with E-state index in [1.54, 1.807) is 0 Å². The first kappa shape index (κ1) is 12.2. The zero-order valence-electron chi connectivity index (χ0n) is 9.34. The first-order chi connectivity index (χ1) is 7.72. The van der Waals surface area contributed by atoms with Crippen molar-refractivity contribution in [2.24, 2.45) is 0 Å². The highest BCUT2D eigenvalue weighted by atomic mass is 79.9. The van der Waals surface area contributed by atoms with Crippen LogP contribution < -0.4 is 10.2 Å². The van der Waals surface area contributed by atoms with E-state index in [0.29, 0.717) is 6.04 Å². The van der Waals surface area contributed by atoms with E-state index in [4.69, 9.17) is 11.6 Å². The van der Waals surface area contributed by atoms with E-state index in [1.807, 2.05) is 6.07 Å². The highest BCUT2D eigenvalue weighted by Crippen LogP contribution is 2.29. The SMILES string of the molecule is CCC1CNCCN1c1ccc(Cl)c(Br)c1. The molecule has 2 rings (SSSR count). The van der Waals surface area contributed by atoms with E-state index in [9.17, 15) is 0 Å². The molecule has 1 aliphatic heterocycles. The van der Waals surface area contributed by atoms with Gasteiger partial charge < -0.3 is 10.2 Å². The van der Waals surface area contributed by atoms with Crippen molar-refractivity contribution in [1.29, 1.82) is 0 Å². The number of rotatable bonds is 2. The molecule has 0 amide bonds. The Kier molecular flexibility index (Phi) is 4.11. The minimum atomic E-state index is 0.585. The molecule has 1 saturated heterocycles. The number of hydrogen-bond donors (Lipinski definition) is 1. The van der Waals surface area contributed by atoms with Crippen LogP contribution in [0.15, 0.2) is 22.7 Å². The van der Waals surface area contributed by atoms with Crippen LogP contribution in [0.5, 0.6) is 0 Å². The maximum Gasteiger partial charge on any atom is 0.0549 e. The van der Waals surface area contributed by atoms with Crippen LogP contribution in [0.4, 0.5) is 5.69 Å². The average Bonchev–Trinajstić information content (AvgIpc) is 2.32. The molecule has 0 aromatic heterocycles. The monoisotopic (exact) mass is 302 g/mol. The predicted octanol–water partition coefficient (Wildman–Crippen LogP) is 3.29. The summed E-state index contributed by atoms with van der Waals surface area (Å²) in [6.07, 6.45) is 1.16. The average molecular weight is 304 g/mol. The van der Waals surface area contributed by atoms with Crippen molar-refractivity contribution < 1.29 is 0 Å². The fourth-order valence-electron chi connectivity index (χ4n) is 2.13. The van der Waals surface area contributed by atoms with Crippen LogP contribution in [0.2, 0.25) is 5.02 Å². The molecule has 16 heavy (non-hydrogen) atoms. The zero-order valence-corrected chi connectivity index (χ0v) is 11.7. The molecule has 0 spiro atoms. The first-order valence-corrected chi connectivity index (χ1v) is 6.82. The van der Waals surface area contributed by atoms with Gasteiger partial charge in [0.1, 0.15) is 0 Å². The van der Waals surface area contributed by atoms with Crippen molar-refractivity contribution in [3.8, 4) is 0 Å². The zero-order chi connectivity index (χ0) is 11.5. The lowest BCUT2D eigenvalue weighted by atomic mass is 10.1. The van der Waals surface area contributed by atoms with Gasteiger partial charge in [-0.25, -0.2) is 0 Å². The third-order valence-corrected chi connectivity index (χ3v) is 4.27. The van der Waals surface area contributed by atoms with Crippen molar-refractivity contribution >= 4 is 33.2 Å². The van der Waals surface area contributed by atoms with E-state index in [0.717, 1.165) is 35.6 Å². The topological polar surface area (TPSA) is 15.3 Å². The Morgan fingerprint density at radius 3 is 3.06 bits per heavy atom. The van der Waals surface area contributed by atoms with Crippen LogP contribution in [-0.2, 0) is 0 Å². The molecular weight excluding hydrogens is 288 g/mol. The maximum absolute atomic E-state index is 6.01. The van der Waals surface area contributed by atoms with Crippen molar-refractivity contribution in [2.45, 2.75) is 19.4 Å². The number of nitrogens with zero attached hydrogens (tertiary/aromatic N) is 1. The fraction of sp³-hybridized carbons (Fsp3) is 0.500. The Bertz CT molecular complexity index is 370. The summed E-state index contributed by atoms with van der Waals surface area (Å²) >= 11 is 9.49. The van der Waals surface area contributed by atoms with Gasteiger partial charge in [0.15, 0.2) is 0 Å². The number of piperazine rings is 1. The van der Waals surface area contributed by atoms with Gasteiger partial charge in [-0.1, -0.05) is 18.5 Å². The number of anilines is 1. The molecule has 1 aliphatic rings. The standard InChI is InChI=1S/C12H16BrClN2/c1-2-9-8-15-5-6-16(9)10-3-4-12(14)11(13)7-10/h3-4,7,9,15H,2,5-6,8H2,1H3. The largest absolute Gasteiger partial charge is 0.366 e. The summed E-state index contributed by atoms with van der Waals surface area (Å²) < 4.78 is 0.972. The summed E-state index contributed by atoms with van der Waals surface area (Å²) in [7, 11) is 0. The van der Waals surface area contributed by atoms with Gasteiger partial charge in [0, 0.05) is 35.8 Å². The second-order valence-electron chi connectivity index (χ2n) is 4.06. The molecule has 1 unspecified atom stereocenters. The Balaban J connectivity index is 2.23. The van der Waals surface area contributed by atoms with Crippen molar-refractivity contribution in [3.63, 3.8) is 0 Å². The summed E-state index contributed by atoms with van der Waals surface area (Å²) in [5.74, 6) is 0. The van der Waals surface area contributed by atoms with Crippen molar-refractivity contribution in [2.75, 3.05) is 24.5 Å². The van der Waals surface area contributed by atoms with E-state index in [2.05, 4.69) is 45.2 Å². The number of hydrogen-bond acceptors (Lipinski definition) is 2. The van der Waals surface area contributed by atoms with Gasteiger partial charge in [0.2, 0.25) is 0 Å². The fourth-order valence-corrected chi connectivity index (χ4v) is 2.61. The smallest absolute Gasteiger partial charge is 0.0549 e. The first-order valence-electron chi connectivity index (χ1n) is 5.64. The number of halogens is 2. The van der Waals surface area contributed by atoms with Crippen molar-refractivity contribution in [1.82, 2.24) is 5.32 Å². The molecule has 4 heteroatoms. The Labute approximate surface area is 110 Å². The van der Waals surface area contributed by atoms with Crippen LogP contribution >= 0.6 is 27.5 Å². The molecule has 0 radical (unpaired) electrons. The summed E-state index contributed by atoms with van der Waals surface area (Å²) in [5, 5.41) is 4.20. The molecule has 1 heterocycles. The van der Waals surface area contributed by atoms with Crippen LogP contribution in [0.25, 0.3) is 0 Å². The third-order valence-electron chi connectivity index (χ3n) is 3.06. The third kappa shape index (κ3) is 2.53. The molecule has 0 saturated carbocycles. The van der Waals surface area contributed by atoms with E-state index < -0.39 is 0 Å². The summed E-state index contributed by atoms with van der Waals surface area (Å²) in [4.78, 5) is 2.46. The minimum absolute atomic E-state index is 0.585. The van der Waals surface area contributed by atoms with Crippen LogP contribution in [0.3, 0.4) is 0 Å². The van der Waals surface area contributed by atoms with Gasteiger partial charge in [0.25, 0.3) is 0 Å². The van der Waals surface area contributed by atoms with E-state index in [1.165, 1.54) is 5.69 Å². The highest BCUT2D eigenvalue weighted by molar-refractivity contribution is 9.10. The maximum atomic E-state index is 6.01. The lowest BCUT2D eigenvalue weighted by Crippen LogP contribution is -2.51. The van der Waals surface area contributed by atoms with Crippen molar-refractivity contribution in [3.05, 3.63) is 27.7 Å². The molecule has 0 bridgehead atoms. The molecule has 0 aliphatic carbocycles. The normalized spacial score (nSPS) is 21.2. The van der Waals surface area contributed by atoms with Gasteiger partial charge in [-0.2, -0.15) is 0 Å². The summed E-state index contributed by atoms with van der Waals surface area (Å²) in [6, 6.07) is 6.74. The van der Waals surface area contributed by atoms with Crippen LogP contribution in [0.1, 0.15) is 13.3 Å². The quantitative estimate of drug-likeness (QED) is 0.902. The van der Waals surface area contributed by atoms with Gasteiger partial charge in [-0.15, -0.1) is 0 Å². The minimum Gasteiger partial charge on any atom is -0.366 e. The van der Waals surface area contributed by atoms with Gasteiger partial charge >= 0.3 is 0 Å². The van der Waals surface area contributed by atoms with E-state index in [-0.39, 0.29) is 0 Å². The summed E-state index contributed by atoms with van der Waals surface area (Å²) in [5.41, 5.74) is 1.25. The van der Waals surface area contributed by atoms with Gasteiger partial charge in [-0.05, 0) is 40.5 Å². The Hall–Kier alpha value is -0.250. The highest BCUT2D eigenvalue weighted by Gasteiger charge is 2.20. The lowest BCUT2D eigenvalue weighted by molar-refractivity contribution is 0.466.